The zero-order chi connectivity index (χ0) is 25.6. The second-order valence-corrected chi connectivity index (χ2v) is 9.60. The summed E-state index contributed by atoms with van der Waals surface area (Å²) in [5.41, 5.74) is 2.71. The minimum absolute atomic E-state index is 0.0703. The first-order valence-corrected chi connectivity index (χ1v) is 11.5. The Hall–Kier alpha value is -3.85. The Morgan fingerprint density at radius 1 is 1.14 bits per heavy atom. The molecule has 2 aromatic heterocycles. The van der Waals surface area contributed by atoms with Gasteiger partial charge in [-0.25, -0.2) is 23.5 Å². The fourth-order valence-electron chi connectivity index (χ4n) is 4.65. The van der Waals surface area contributed by atoms with Gasteiger partial charge in [-0.05, 0) is 42.0 Å². The minimum atomic E-state index is -0.844. The van der Waals surface area contributed by atoms with E-state index < -0.39 is 23.5 Å². The maximum atomic E-state index is 15.2. The molecule has 1 N–H and O–H groups in total. The SMILES string of the molecule is COC(=O)c1ccc2nc(Cc3ccc(-c4ccc(F)c(O)n4)cc3F)n([C@@H]3COCC3(C)C)c2c1. The number of aromatic nitrogens is 3. The van der Waals surface area contributed by atoms with Gasteiger partial charge in [-0.1, -0.05) is 26.0 Å². The number of benzene rings is 2. The van der Waals surface area contributed by atoms with Gasteiger partial charge in [-0.2, -0.15) is 0 Å². The molecule has 1 aliphatic rings. The number of esters is 1. The Kier molecular flexibility index (Phi) is 5.96. The van der Waals surface area contributed by atoms with Crippen LogP contribution in [0.1, 0.15) is 41.6 Å². The van der Waals surface area contributed by atoms with Crippen molar-refractivity contribution in [3.63, 3.8) is 0 Å². The molecule has 2 aromatic carbocycles. The summed E-state index contributed by atoms with van der Waals surface area (Å²) in [7, 11) is 1.33. The number of aromatic hydroxyl groups is 1. The van der Waals surface area contributed by atoms with Crippen molar-refractivity contribution in [2.24, 2.45) is 5.41 Å². The number of halogens is 2. The standard InChI is InChI=1S/C27H25F2N3O4/c1-27(2)14-36-13-23(27)32-22-11-17(26(34)35-3)6-8-21(22)30-24(32)12-15-4-5-16(10-19(15)29)20-9-7-18(28)25(33)31-20/h4-11,23H,12-14H2,1-3H3,(H,31,33)/t23-/m1/s1. The highest BCUT2D eigenvalue weighted by molar-refractivity contribution is 5.93. The number of carbonyl (C=O) groups excluding carboxylic acids is 1. The first kappa shape index (κ1) is 23.9. The molecule has 1 saturated heterocycles. The Labute approximate surface area is 206 Å². The van der Waals surface area contributed by atoms with Crippen LogP contribution < -0.4 is 0 Å². The molecule has 0 aliphatic carbocycles. The lowest BCUT2D eigenvalue weighted by molar-refractivity contribution is 0.0601. The van der Waals surface area contributed by atoms with Crippen LogP contribution in [0.3, 0.4) is 0 Å². The van der Waals surface area contributed by atoms with Crippen molar-refractivity contribution in [3.05, 3.63) is 77.1 Å². The van der Waals surface area contributed by atoms with Gasteiger partial charge >= 0.3 is 5.97 Å². The van der Waals surface area contributed by atoms with Gasteiger partial charge in [0.15, 0.2) is 5.82 Å². The van der Waals surface area contributed by atoms with Gasteiger partial charge in [0.1, 0.15) is 11.6 Å². The number of rotatable bonds is 5. The fraction of sp³-hybridized carbons (Fsp3) is 0.296. The van der Waals surface area contributed by atoms with Crippen molar-refractivity contribution in [1.29, 1.82) is 0 Å². The summed E-state index contributed by atoms with van der Waals surface area (Å²) in [5, 5.41) is 9.57. The highest BCUT2D eigenvalue weighted by Gasteiger charge is 2.39. The minimum Gasteiger partial charge on any atom is -0.491 e. The quantitative estimate of drug-likeness (QED) is 0.391. The Morgan fingerprint density at radius 3 is 2.61 bits per heavy atom. The Balaban J connectivity index is 1.57. The van der Waals surface area contributed by atoms with Gasteiger partial charge in [-0.3, -0.25) is 0 Å². The van der Waals surface area contributed by atoms with Crippen molar-refractivity contribution >= 4 is 17.0 Å². The van der Waals surface area contributed by atoms with Crippen LogP contribution >= 0.6 is 0 Å². The molecule has 186 valence electrons. The normalized spacial score (nSPS) is 17.0. The molecule has 0 amide bonds. The molecule has 1 aliphatic heterocycles. The topological polar surface area (TPSA) is 86.5 Å². The summed E-state index contributed by atoms with van der Waals surface area (Å²) < 4.78 is 41.3. The fourth-order valence-corrected chi connectivity index (χ4v) is 4.65. The van der Waals surface area contributed by atoms with Crippen LogP contribution in [-0.2, 0) is 15.9 Å². The van der Waals surface area contributed by atoms with Gasteiger partial charge in [-0.15, -0.1) is 0 Å². The molecule has 5 rings (SSSR count). The van der Waals surface area contributed by atoms with E-state index in [1.54, 1.807) is 30.3 Å². The highest BCUT2D eigenvalue weighted by Crippen LogP contribution is 2.40. The van der Waals surface area contributed by atoms with E-state index in [1.807, 2.05) is 4.57 Å². The number of pyridine rings is 1. The maximum Gasteiger partial charge on any atom is 0.337 e. The van der Waals surface area contributed by atoms with Crippen molar-refractivity contribution in [1.82, 2.24) is 14.5 Å². The number of hydrogen-bond donors (Lipinski definition) is 1. The largest absolute Gasteiger partial charge is 0.491 e. The van der Waals surface area contributed by atoms with E-state index in [0.29, 0.717) is 41.2 Å². The smallest absolute Gasteiger partial charge is 0.337 e. The number of nitrogens with zero attached hydrogens (tertiary/aromatic N) is 3. The lowest BCUT2D eigenvalue weighted by atomic mass is 9.87. The van der Waals surface area contributed by atoms with E-state index in [0.717, 1.165) is 11.6 Å². The molecule has 9 heteroatoms. The molecule has 0 saturated carbocycles. The third-order valence-electron chi connectivity index (χ3n) is 6.67. The third-order valence-corrected chi connectivity index (χ3v) is 6.67. The number of hydrogen-bond acceptors (Lipinski definition) is 6. The molecular formula is C27H25F2N3O4. The average Bonchev–Trinajstić information content (AvgIpc) is 3.38. The van der Waals surface area contributed by atoms with E-state index in [1.165, 1.54) is 19.2 Å². The first-order valence-electron chi connectivity index (χ1n) is 11.5. The van der Waals surface area contributed by atoms with Crippen molar-refractivity contribution in [2.75, 3.05) is 20.3 Å². The number of fused-ring (bicyclic) bond motifs is 1. The molecule has 0 radical (unpaired) electrons. The lowest BCUT2D eigenvalue weighted by Crippen LogP contribution is -2.27. The third kappa shape index (κ3) is 4.19. The Bertz CT molecular complexity index is 1480. The van der Waals surface area contributed by atoms with Crippen LogP contribution in [0.5, 0.6) is 5.88 Å². The second kappa shape index (κ2) is 8.98. The van der Waals surface area contributed by atoms with Crippen LogP contribution in [0, 0.1) is 17.0 Å². The zero-order valence-corrected chi connectivity index (χ0v) is 20.1. The molecular weight excluding hydrogens is 468 g/mol. The van der Waals surface area contributed by atoms with Crippen LogP contribution in [0.15, 0.2) is 48.5 Å². The van der Waals surface area contributed by atoms with Gasteiger partial charge in [0.2, 0.25) is 5.88 Å². The predicted octanol–water partition coefficient (Wildman–Crippen LogP) is 5.06. The molecule has 3 heterocycles. The van der Waals surface area contributed by atoms with Crippen LogP contribution in [0.2, 0.25) is 0 Å². The second-order valence-electron chi connectivity index (χ2n) is 9.60. The molecule has 36 heavy (non-hydrogen) atoms. The van der Waals surface area contributed by atoms with Crippen LogP contribution in [0.25, 0.3) is 22.3 Å². The number of carbonyl (C=O) groups is 1. The molecule has 0 spiro atoms. The molecule has 4 aromatic rings. The summed E-state index contributed by atoms with van der Waals surface area (Å²) >= 11 is 0. The van der Waals surface area contributed by atoms with Gasteiger partial charge in [0.25, 0.3) is 0 Å². The maximum absolute atomic E-state index is 15.2. The number of ether oxygens (including phenoxy) is 2. The van der Waals surface area contributed by atoms with Crippen molar-refractivity contribution < 1.29 is 28.2 Å². The summed E-state index contributed by atoms with van der Waals surface area (Å²) in [5.74, 6) is -1.87. The van der Waals surface area contributed by atoms with Crippen LogP contribution in [-0.4, -0.2) is 45.9 Å². The van der Waals surface area contributed by atoms with Crippen LogP contribution in [0.4, 0.5) is 8.78 Å². The van der Waals surface area contributed by atoms with E-state index in [2.05, 4.69) is 18.8 Å². The average molecular weight is 494 g/mol. The Morgan fingerprint density at radius 2 is 1.94 bits per heavy atom. The van der Waals surface area contributed by atoms with Gasteiger partial charge in [0, 0.05) is 17.4 Å². The summed E-state index contributed by atoms with van der Waals surface area (Å²) in [6, 6.07) is 12.2. The summed E-state index contributed by atoms with van der Waals surface area (Å²) in [6.45, 7) is 5.24. The summed E-state index contributed by atoms with van der Waals surface area (Å²) in [4.78, 5) is 20.8. The van der Waals surface area contributed by atoms with Gasteiger partial charge in [0.05, 0.1) is 48.7 Å². The number of methoxy groups -OCH3 is 1. The van der Waals surface area contributed by atoms with Gasteiger partial charge < -0.3 is 19.1 Å². The summed E-state index contributed by atoms with van der Waals surface area (Å²) in [6.07, 6.45) is 0.197. The zero-order valence-electron chi connectivity index (χ0n) is 20.1. The molecule has 0 unspecified atom stereocenters. The van der Waals surface area contributed by atoms with E-state index in [4.69, 9.17) is 14.5 Å². The van der Waals surface area contributed by atoms with E-state index in [-0.39, 0.29) is 23.6 Å². The van der Waals surface area contributed by atoms with Crippen molar-refractivity contribution in [2.45, 2.75) is 26.3 Å². The monoisotopic (exact) mass is 493 g/mol. The van der Waals surface area contributed by atoms with E-state index >= 15 is 4.39 Å². The first-order chi connectivity index (χ1) is 17.2. The molecule has 1 fully saturated rings. The lowest BCUT2D eigenvalue weighted by Gasteiger charge is -2.28. The number of imidazole rings is 1. The predicted molar refractivity (Wildman–Crippen MR) is 129 cm³/mol. The molecule has 0 bridgehead atoms. The van der Waals surface area contributed by atoms with Crippen molar-refractivity contribution in [3.8, 4) is 17.1 Å². The molecule has 1 atom stereocenters. The van der Waals surface area contributed by atoms with E-state index in [9.17, 15) is 14.3 Å². The highest BCUT2D eigenvalue weighted by atomic mass is 19.1. The molecule has 7 nitrogen and oxygen atoms in total.